The van der Waals surface area contributed by atoms with Gasteiger partial charge in [-0.15, -0.1) is 0 Å². The third-order valence-electron chi connectivity index (χ3n) is 4.25. The standard InChI is InChI=1S/C17H16Cl2N4O4S/c18-14-4-3-5-15(19)13(14)11-20-21-16-7-6-12(10-17(16)23(24)25)28(26,27)22-8-1-2-9-22/h3-7,10-11,21H,1-2,8-9H2. The molecule has 1 heterocycles. The topological polar surface area (TPSA) is 105 Å². The molecule has 1 aliphatic rings. The Balaban J connectivity index is 1.88. The molecule has 28 heavy (non-hydrogen) atoms. The van der Waals surface area contributed by atoms with E-state index in [1.54, 1.807) is 18.2 Å². The van der Waals surface area contributed by atoms with Gasteiger partial charge in [0.25, 0.3) is 5.69 Å². The first-order chi connectivity index (χ1) is 13.3. The number of hydrogen-bond donors (Lipinski definition) is 1. The zero-order chi connectivity index (χ0) is 20.3. The summed E-state index contributed by atoms with van der Waals surface area (Å²) in [4.78, 5) is 10.6. The van der Waals surface area contributed by atoms with Crippen molar-refractivity contribution in [3.63, 3.8) is 0 Å². The molecule has 0 unspecified atom stereocenters. The Morgan fingerprint density at radius 3 is 2.39 bits per heavy atom. The van der Waals surface area contributed by atoms with Crippen molar-refractivity contribution >= 4 is 50.8 Å². The van der Waals surface area contributed by atoms with Gasteiger partial charge in [-0.05, 0) is 37.1 Å². The van der Waals surface area contributed by atoms with E-state index in [4.69, 9.17) is 23.2 Å². The van der Waals surface area contributed by atoms with E-state index in [1.807, 2.05) is 0 Å². The van der Waals surface area contributed by atoms with E-state index in [0.29, 0.717) is 28.7 Å². The zero-order valence-corrected chi connectivity index (χ0v) is 16.8. The number of hydrogen-bond acceptors (Lipinski definition) is 6. The van der Waals surface area contributed by atoms with Crippen molar-refractivity contribution in [1.29, 1.82) is 0 Å². The number of nitrogens with one attached hydrogen (secondary N) is 1. The van der Waals surface area contributed by atoms with Crippen LogP contribution in [0.1, 0.15) is 18.4 Å². The molecule has 0 spiro atoms. The monoisotopic (exact) mass is 442 g/mol. The lowest BCUT2D eigenvalue weighted by molar-refractivity contribution is -0.384. The van der Waals surface area contributed by atoms with Crippen LogP contribution in [0.25, 0.3) is 0 Å². The first-order valence-electron chi connectivity index (χ1n) is 8.32. The van der Waals surface area contributed by atoms with Crippen molar-refractivity contribution in [3.05, 3.63) is 62.1 Å². The molecule has 0 aromatic heterocycles. The molecule has 1 N–H and O–H groups in total. The summed E-state index contributed by atoms with van der Waals surface area (Å²) in [5.74, 6) is 0. The summed E-state index contributed by atoms with van der Waals surface area (Å²) in [6, 6.07) is 8.62. The van der Waals surface area contributed by atoms with Gasteiger partial charge in [0.15, 0.2) is 0 Å². The molecule has 1 aliphatic heterocycles. The Morgan fingerprint density at radius 2 is 1.79 bits per heavy atom. The van der Waals surface area contributed by atoms with E-state index in [9.17, 15) is 18.5 Å². The van der Waals surface area contributed by atoms with Crippen LogP contribution in [0, 0.1) is 10.1 Å². The zero-order valence-electron chi connectivity index (χ0n) is 14.5. The van der Waals surface area contributed by atoms with E-state index in [2.05, 4.69) is 10.5 Å². The van der Waals surface area contributed by atoms with Crippen molar-refractivity contribution < 1.29 is 13.3 Å². The highest BCUT2D eigenvalue weighted by Gasteiger charge is 2.29. The molecule has 148 valence electrons. The maximum absolute atomic E-state index is 12.6. The predicted molar refractivity (Wildman–Crippen MR) is 109 cm³/mol. The largest absolute Gasteiger partial charge is 0.295 e. The van der Waals surface area contributed by atoms with E-state index in [1.165, 1.54) is 22.7 Å². The first-order valence-corrected chi connectivity index (χ1v) is 10.5. The smallest absolute Gasteiger partial charge is 0.272 e. The minimum atomic E-state index is -3.76. The number of nitro groups is 1. The van der Waals surface area contributed by atoms with Crippen LogP contribution in [0.2, 0.25) is 10.0 Å². The number of anilines is 1. The molecule has 2 aromatic rings. The van der Waals surface area contributed by atoms with E-state index in [0.717, 1.165) is 18.9 Å². The van der Waals surface area contributed by atoms with E-state index >= 15 is 0 Å². The number of halogens is 2. The number of hydrazone groups is 1. The summed E-state index contributed by atoms with van der Waals surface area (Å²) < 4.78 is 26.6. The van der Waals surface area contributed by atoms with E-state index in [-0.39, 0.29) is 10.6 Å². The number of nitrogens with zero attached hydrogens (tertiary/aromatic N) is 3. The normalized spacial score (nSPS) is 15.2. The van der Waals surface area contributed by atoms with Gasteiger partial charge in [-0.2, -0.15) is 9.41 Å². The minimum Gasteiger partial charge on any atom is -0.272 e. The Bertz CT molecular complexity index is 1020. The van der Waals surface area contributed by atoms with Crippen LogP contribution in [-0.4, -0.2) is 37.0 Å². The summed E-state index contributed by atoms with van der Waals surface area (Å²) in [5, 5.41) is 16.1. The second kappa shape index (κ2) is 8.44. The molecule has 1 saturated heterocycles. The Morgan fingerprint density at radius 1 is 1.14 bits per heavy atom. The van der Waals surface area contributed by atoms with Crippen LogP contribution >= 0.6 is 23.2 Å². The molecular weight excluding hydrogens is 427 g/mol. The maximum atomic E-state index is 12.6. The summed E-state index contributed by atoms with van der Waals surface area (Å²) in [7, 11) is -3.76. The summed E-state index contributed by atoms with van der Waals surface area (Å²) >= 11 is 12.1. The maximum Gasteiger partial charge on any atom is 0.295 e. The third kappa shape index (κ3) is 4.27. The highest BCUT2D eigenvalue weighted by Crippen LogP contribution is 2.30. The van der Waals surface area contributed by atoms with Crippen molar-refractivity contribution in [1.82, 2.24) is 4.31 Å². The molecule has 8 nitrogen and oxygen atoms in total. The molecular formula is C17H16Cl2N4O4S. The Labute approximate surface area is 172 Å². The van der Waals surface area contributed by atoms with Gasteiger partial charge in [-0.3, -0.25) is 15.5 Å². The van der Waals surface area contributed by atoms with E-state index < -0.39 is 20.6 Å². The first kappa shape index (κ1) is 20.5. The van der Waals surface area contributed by atoms with Gasteiger partial charge in [0.05, 0.1) is 26.1 Å². The van der Waals surface area contributed by atoms with Crippen molar-refractivity contribution in [3.8, 4) is 0 Å². The van der Waals surface area contributed by atoms with Gasteiger partial charge in [-0.25, -0.2) is 8.42 Å². The van der Waals surface area contributed by atoms with Crippen LogP contribution in [0.15, 0.2) is 46.4 Å². The molecule has 0 atom stereocenters. The predicted octanol–water partition coefficient (Wildman–Crippen LogP) is 4.13. The number of nitro benzene ring substituents is 1. The molecule has 0 bridgehead atoms. The SMILES string of the molecule is O=[N+]([O-])c1cc(S(=O)(=O)N2CCCC2)ccc1NN=Cc1c(Cl)cccc1Cl. The van der Waals surface area contributed by atoms with Gasteiger partial charge in [0, 0.05) is 24.7 Å². The molecule has 0 amide bonds. The van der Waals surface area contributed by atoms with Crippen LogP contribution in [-0.2, 0) is 10.0 Å². The van der Waals surface area contributed by atoms with Gasteiger partial charge in [-0.1, -0.05) is 29.3 Å². The number of sulfonamides is 1. The van der Waals surface area contributed by atoms with Crippen LogP contribution in [0.5, 0.6) is 0 Å². The average molecular weight is 443 g/mol. The van der Waals surface area contributed by atoms with Gasteiger partial charge in [0.1, 0.15) is 5.69 Å². The van der Waals surface area contributed by atoms with Gasteiger partial charge in [0.2, 0.25) is 10.0 Å². The molecule has 0 radical (unpaired) electrons. The Kier molecular flexibility index (Phi) is 6.19. The second-order valence-electron chi connectivity index (χ2n) is 6.05. The Hall–Kier alpha value is -2.20. The summed E-state index contributed by atoms with van der Waals surface area (Å²) in [6.07, 6.45) is 2.89. The highest BCUT2D eigenvalue weighted by molar-refractivity contribution is 7.89. The summed E-state index contributed by atoms with van der Waals surface area (Å²) in [5.41, 5.74) is 2.65. The van der Waals surface area contributed by atoms with Gasteiger partial charge >= 0.3 is 0 Å². The molecule has 11 heteroatoms. The van der Waals surface area contributed by atoms with Gasteiger partial charge < -0.3 is 0 Å². The fourth-order valence-corrected chi connectivity index (χ4v) is 4.83. The molecule has 1 fully saturated rings. The fraction of sp³-hybridized carbons (Fsp3) is 0.235. The lowest BCUT2D eigenvalue weighted by Crippen LogP contribution is -2.27. The van der Waals surface area contributed by atoms with Crippen LogP contribution < -0.4 is 5.43 Å². The molecule has 2 aromatic carbocycles. The lowest BCUT2D eigenvalue weighted by Gasteiger charge is -2.15. The van der Waals surface area contributed by atoms with Crippen molar-refractivity contribution in [2.45, 2.75) is 17.7 Å². The highest BCUT2D eigenvalue weighted by atomic mass is 35.5. The summed E-state index contributed by atoms with van der Waals surface area (Å²) in [6.45, 7) is 0.831. The van der Waals surface area contributed by atoms with Crippen LogP contribution in [0.3, 0.4) is 0 Å². The third-order valence-corrected chi connectivity index (χ3v) is 6.80. The van der Waals surface area contributed by atoms with Crippen LogP contribution in [0.4, 0.5) is 11.4 Å². The number of benzene rings is 2. The second-order valence-corrected chi connectivity index (χ2v) is 8.80. The molecule has 0 aliphatic carbocycles. The quantitative estimate of drug-likeness (QED) is 0.411. The molecule has 0 saturated carbocycles. The van der Waals surface area contributed by atoms with Crippen molar-refractivity contribution in [2.24, 2.45) is 5.10 Å². The fourth-order valence-electron chi connectivity index (χ4n) is 2.80. The lowest BCUT2D eigenvalue weighted by atomic mass is 10.2. The average Bonchev–Trinajstić information content (AvgIpc) is 3.19. The molecule has 3 rings (SSSR count). The minimum absolute atomic E-state index is 0.0461. The number of rotatable bonds is 6. The van der Waals surface area contributed by atoms with Crippen molar-refractivity contribution in [2.75, 3.05) is 18.5 Å².